The van der Waals surface area contributed by atoms with Crippen LogP contribution in [0.5, 0.6) is 0 Å². The fourth-order valence-corrected chi connectivity index (χ4v) is 5.50. The highest BCUT2D eigenvalue weighted by atomic mass is 28.4. The Hall–Kier alpha value is 0.411. The first-order valence-corrected chi connectivity index (χ1v) is 19.6. The van der Waals surface area contributed by atoms with E-state index in [9.17, 15) is 0 Å². The maximum Gasteiger partial charge on any atom is 0.187 e. The Balaban J connectivity index is 3.13. The van der Waals surface area contributed by atoms with Gasteiger partial charge < -0.3 is 27.5 Å². The average Bonchev–Trinajstić information content (AvgIpc) is 2.41. The second-order valence-electron chi connectivity index (χ2n) is 9.79. The molecule has 26 heavy (non-hydrogen) atoms. The summed E-state index contributed by atoms with van der Waals surface area (Å²) in [6, 6.07) is 0. The van der Waals surface area contributed by atoms with E-state index in [1.807, 2.05) is 0 Å². The van der Waals surface area contributed by atoms with Crippen molar-refractivity contribution in [2.24, 2.45) is 0 Å². The summed E-state index contributed by atoms with van der Waals surface area (Å²) in [6.07, 6.45) is -1.57. The van der Waals surface area contributed by atoms with E-state index in [1.165, 1.54) is 0 Å². The van der Waals surface area contributed by atoms with Gasteiger partial charge in [0.15, 0.2) is 31.2 Å². The van der Waals surface area contributed by atoms with Gasteiger partial charge in [0.05, 0.1) is 6.61 Å². The van der Waals surface area contributed by atoms with Crippen molar-refractivity contribution in [3.8, 4) is 0 Å². The Morgan fingerprint density at radius 2 is 1.15 bits per heavy atom. The minimum atomic E-state index is -1.83. The van der Waals surface area contributed by atoms with Crippen LogP contribution in [0.3, 0.4) is 0 Å². The minimum absolute atomic E-state index is 0.248. The normalized spacial score (nSPS) is 31.3. The first-order valence-electron chi connectivity index (χ1n) is 9.37. The standard InChI is InChI=1S/C17H40O6Si3/c1-18-14-13(12-20-24(3,4)5)21-17(23-26(9,10)11)16(19-2)15(14)22-25(6,7)8/h13-17H,12H2,1-11H3/t13-,14+,15+,16-,17?/m0/s1. The lowest BCUT2D eigenvalue weighted by Crippen LogP contribution is -2.64. The highest BCUT2D eigenvalue weighted by molar-refractivity contribution is 6.70. The molecule has 156 valence electrons. The van der Waals surface area contributed by atoms with Crippen molar-refractivity contribution >= 4 is 25.0 Å². The molecule has 1 saturated heterocycles. The van der Waals surface area contributed by atoms with Gasteiger partial charge >= 0.3 is 0 Å². The van der Waals surface area contributed by atoms with Crippen LogP contribution < -0.4 is 0 Å². The Kier molecular flexibility index (Phi) is 8.72. The van der Waals surface area contributed by atoms with Gasteiger partial charge in [-0.25, -0.2) is 0 Å². The molecule has 1 rings (SSSR count). The highest BCUT2D eigenvalue weighted by Gasteiger charge is 2.50. The molecule has 0 amide bonds. The zero-order valence-corrected chi connectivity index (χ0v) is 21.5. The van der Waals surface area contributed by atoms with Gasteiger partial charge in [-0.1, -0.05) is 0 Å². The molecule has 0 aliphatic carbocycles. The third-order valence-electron chi connectivity index (χ3n) is 3.78. The van der Waals surface area contributed by atoms with Gasteiger partial charge in [-0.3, -0.25) is 0 Å². The fourth-order valence-electron chi connectivity index (χ4n) is 2.86. The SMILES string of the molecule is CO[C@H]1[C@@H](O[Si](C)(C)C)[C@H](OC)C(O[Si](C)(C)C)O[C@H]1CO[Si](C)(C)C. The Labute approximate surface area is 163 Å². The van der Waals surface area contributed by atoms with E-state index in [0.29, 0.717) is 6.61 Å². The topological polar surface area (TPSA) is 55.4 Å². The number of rotatable bonds is 9. The Bertz CT molecular complexity index is 430. The molecule has 0 radical (unpaired) electrons. The predicted octanol–water partition coefficient (Wildman–Crippen LogP) is 3.66. The van der Waals surface area contributed by atoms with Gasteiger partial charge in [-0.05, 0) is 58.9 Å². The summed E-state index contributed by atoms with van der Waals surface area (Å²) in [7, 11) is -1.96. The molecule has 0 aromatic carbocycles. The van der Waals surface area contributed by atoms with Crippen LogP contribution in [0.2, 0.25) is 58.9 Å². The summed E-state index contributed by atoms with van der Waals surface area (Å²) in [5, 5.41) is 0. The van der Waals surface area contributed by atoms with Crippen molar-refractivity contribution in [1.29, 1.82) is 0 Å². The minimum Gasteiger partial charge on any atom is -0.415 e. The van der Waals surface area contributed by atoms with Crippen LogP contribution in [0.4, 0.5) is 0 Å². The fraction of sp³-hybridized carbons (Fsp3) is 1.00. The van der Waals surface area contributed by atoms with Crippen LogP contribution in [0.15, 0.2) is 0 Å². The lowest BCUT2D eigenvalue weighted by atomic mass is 9.99. The lowest BCUT2D eigenvalue weighted by Gasteiger charge is -2.48. The van der Waals surface area contributed by atoms with Crippen molar-refractivity contribution < 1.29 is 27.5 Å². The molecule has 0 spiro atoms. The molecule has 0 saturated carbocycles. The van der Waals surface area contributed by atoms with E-state index >= 15 is 0 Å². The first-order chi connectivity index (χ1) is 11.7. The summed E-state index contributed by atoms with van der Waals surface area (Å²) >= 11 is 0. The number of hydrogen-bond acceptors (Lipinski definition) is 6. The van der Waals surface area contributed by atoms with Crippen molar-refractivity contribution in [2.45, 2.75) is 89.6 Å². The van der Waals surface area contributed by atoms with Crippen LogP contribution in [0.25, 0.3) is 0 Å². The first kappa shape index (κ1) is 24.4. The largest absolute Gasteiger partial charge is 0.415 e. The van der Waals surface area contributed by atoms with Crippen molar-refractivity contribution in [3.63, 3.8) is 0 Å². The lowest BCUT2D eigenvalue weighted by molar-refractivity contribution is -0.285. The molecule has 5 atom stereocenters. The average molecular weight is 425 g/mol. The van der Waals surface area contributed by atoms with Gasteiger partial charge in [0.1, 0.15) is 24.4 Å². The van der Waals surface area contributed by atoms with E-state index in [1.54, 1.807) is 14.2 Å². The van der Waals surface area contributed by atoms with Crippen LogP contribution in [-0.2, 0) is 27.5 Å². The van der Waals surface area contributed by atoms with Crippen LogP contribution in [0.1, 0.15) is 0 Å². The zero-order valence-electron chi connectivity index (χ0n) is 18.5. The molecule has 0 aromatic heterocycles. The molecule has 1 aliphatic rings. The molecule has 9 heteroatoms. The number of ether oxygens (including phenoxy) is 3. The van der Waals surface area contributed by atoms with Gasteiger partial charge in [0.25, 0.3) is 0 Å². The zero-order chi connectivity index (χ0) is 20.3. The molecule has 1 heterocycles. The molecule has 1 fully saturated rings. The van der Waals surface area contributed by atoms with Gasteiger partial charge in [0, 0.05) is 14.2 Å². The van der Waals surface area contributed by atoms with E-state index in [-0.39, 0.29) is 24.4 Å². The smallest absolute Gasteiger partial charge is 0.187 e. The predicted molar refractivity (Wildman–Crippen MR) is 112 cm³/mol. The summed E-state index contributed by atoms with van der Waals surface area (Å²) in [5.41, 5.74) is 0. The molecule has 0 bridgehead atoms. The van der Waals surface area contributed by atoms with E-state index < -0.39 is 31.2 Å². The van der Waals surface area contributed by atoms with E-state index in [0.717, 1.165) is 0 Å². The van der Waals surface area contributed by atoms with Crippen molar-refractivity contribution in [2.75, 3.05) is 20.8 Å². The van der Waals surface area contributed by atoms with Crippen LogP contribution in [0, 0.1) is 0 Å². The van der Waals surface area contributed by atoms with Gasteiger partial charge in [-0.2, -0.15) is 0 Å². The monoisotopic (exact) mass is 424 g/mol. The molecule has 0 N–H and O–H groups in total. The summed E-state index contributed by atoms with van der Waals surface area (Å²) in [4.78, 5) is 0. The van der Waals surface area contributed by atoms with E-state index in [4.69, 9.17) is 27.5 Å². The third-order valence-corrected chi connectivity index (χ3v) is 6.73. The number of hydrogen-bond donors (Lipinski definition) is 0. The molecule has 1 unspecified atom stereocenters. The molecule has 0 aromatic rings. The Morgan fingerprint density at radius 3 is 1.54 bits per heavy atom. The maximum atomic E-state index is 6.49. The van der Waals surface area contributed by atoms with Crippen molar-refractivity contribution in [1.82, 2.24) is 0 Å². The molecule has 6 nitrogen and oxygen atoms in total. The highest BCUT2D eigenvalue weighted by Crippen LogP contribution is 2.32. The quantitative estimate of drug-likeness (QED) is 0.526. The van der Waals surface area contributed by atoms with Crippen LogP contribution in [-0.4, -0.2) is 76.5 Å². The third kappa shape index (κ3) is 8.19. The molecular weight excluding hydrogens is 384 g/mol. The van der Waals surface area contributed by atoms with Crippen LogP contribution >= 0.6 is 0 Å². The number of methoxy groups -OCH3 is 2. The van der Waals surface area contributed by atoms with E-state index in [2.05, 4.69) is 58.9 Å². The van der Waals surface area contributed by atoms with Crippen molar-refractivity contribution in [3.05, 3.63) is 0 Å². The second-order valence-corrected chi connectivity index (χ2v) is 23.2. The maximum absolute atomic E-state index is 6.49. The summed E-state index contributed by atoms with van der Waals surface area (Å²) in [6.45, 7) is 19.9. The van der Waals surface area contributed by atoms with Gasteiger partial charge in [0.2, 0.25) is 0 Å². The molecular formula is C17H40O6Si3. The Morgan fingerprint density at radius 1 is 0.654 bits per heavy atom. The molecule has 1 aliphatic heterocycles. The summed E-state index contributed by atoms with van der Waals surface area (Å²) in [5.74, 6) is 0. The second kappa shape index (κ2) is 9.27. The summed E-state index contributed by atoms with van der Waals surface area (Å²) < 4.78 is 36.9. The van der Waals surface area contributed by atoms with Gasteiger partial charge in [-0.15, -0.1) is 0 Å².